The van der Waals surface area contributed by atoms with Crippen molar-refractivity contribution in [3.63, 3.8) is 0 Å². The van der Waals surface area contributed by atoms with Crippen molar-refractivity contribution in [2.75, 3.05) is 0 Å². The van der Waals surface area contributed by atoms with Crippen LogP contribution < -0.4 is 0 Å². The van der Waals surface area contributed by atoms with Crippen LogP contribution in [0.4, 0.5) is 0 Å². The molecule has 0 bridgehead atoms. The van der Waals surface area contributed by atoms with E-state index in [2.05, 4.69) is 36.4 Å². The van der Waals surface area contributed by atoms with Crippen LogP contribution in [0.1, 0.15) is 12.0 Å². The first-order chi connectivity index (χ1) is 5.93. The maximum atomic E-state index is 5.77. The molecule has 1 rings (SSSR count). The van der Waals surface area contributed by atoms with Crippen molar-refractivity contribution in [3.05, 3.63) is 42.0 Å². The molecule has 0 unspecified atom stereocenters. The SMILES string of the molecule is [Cl][Hg][CH2]CC=Cc1ccccc1. The average Bonchev–Trinajstić information content (AvgIpc) is 2.14. The Kier molecular flexibility index (Phi) is 5.71. The van der Waals surface area contributed by atoms with Crippen molar-refractivity contribution >= 4 is 14.3 Å². The van der Waals surface area contributed by atoms with Gasteiger partial charge in [0.1, 0.15) is 0 Å². The summed E-state index contributed by atoms with van der Waals surface area (Å²) in [5.41, 5.74) is 1.28. The molecule has 0 aliphatic heterocycles. The minimum atomic E-state index is -0.874. The molecule has 1 aromatic rings. The molecule has 0 aromatic heterocycles. The topological polar surface area (TPSA) is 0 Å². The fourth-order valence-electron chi connectivity index (χ4n) is 0.979. The zero-order valence-electron chi connectivity index (χ0n) is 7.04. The van der Waals surface area contributed by atoms with Gasteiger partial charge in [-0.15, -0.1) is 0 Å². The first kappa shape index (κ1) is 10.3. The summed E-state index contributed by atoms with van der Waals surface area (Å²) < 4.78 is 1.28. The normalized spacial score (nSPS) is 10.1. The van der Waals surface area contributed by atoms with Gasteiger partial charge in [0.25, 0.3) is 0 Å². The van der Waals surface area contributed by atoms with Gasteiger partial charge in [0.05, 0.1) is 0 Å². The van der Waals surface area contributed by atoms with Crippen LogP contribution in [0.2, 0.25) is 3.93 Å². The Hall–Kier alpha value is 0.185. The van der Waals surface area contributed by atoms with Gasteiger partial charge in [0.15, 0.2) is 0 Å². The molecule has 0 saturated carbocycles. The van der Waals surface area contributed by atoms with E-state index < -0.39 is 23.3 Å². The average molecular weight is 367 g/mol. The Morgan fingerprint density at radius 1 is 1.25 bits per heavy atom. The fourth-order valence-corrected chi connectivity index (χ4v) is 3.85. The summed E-state index contributed by atoms with van der Waals surface area (Å²) in [4.78, 5) is 0. The van der Waals surface area contributed by atoms with Crippen molar-refractivity contribution in [1.29, 1.82) is 0 Å². The van der Waals surface area contributed by atoms with Crippen LogP contribution in [0.5, 0.6) is 0 Å². The molecule has 0 amide bonds. The Morgan fingerprint density at radius 3 is 2.67 bits per heavy atom. The zero-order chi connectivity index (χ0) is 8.65. The predicted octanol–water partition coefficient (Wildman–Crippen LogP) is 3.74. The zero-order valence-corrected chi connectivity index (χ0v) is 13.3. The van der Waals surface area contributed by atoms with Crippen molar-refractivity contribution in [2.24, 2.45) is 0 Å². The van der Waals surface area contributed by atoms with Gasteiger partial charge >= 0.3 is 90.0 Å². The molecule has 0 fully saturated rings. The Balaban J connectivity index is 2.36. The van der Waals surface area contributed by atoms with E-state index in [0.29, 0.717) is 0 Å². The quantitative estimate of drug-likeness (QED) is 0.562. The van der Waals surface area contributed by atoms with Crippen molar-refractivity contribution in [1.82, 2.24) is 0 Å². The molecule has 0 saturated heterocycles. The van der Waals surface area contributed by atoms with Gasteiger partial charge in [-0.1, -0.05) is 0 Å². The molecule has 0 radical (unpaired) electrons. The second-order valence-corrected chi connectivity index (χ2v) is 10.2. The minimum absolute atomic E-state index is 0.874. The van der Waals surface area contributed by atoms with Crippen LogP contribution in [-0.2, 0) is 23.3 Å². The number of rotatable bonds is 4. The van der Waals surface area contributed by atoms with E-state index in [-0.39, 0.29) is 0 Å². The third-order valence-electron chi connectivity index (χ3n) is 1.61. The van der Waals surface area contributed by atoms with Crippen LogP contribution in [0.15, 0.2) is 36.4 Å². The first-order valence-corrected chi connectivity index (χ1v) is 14.9. The van der Waals surface area contributed by atoms with Crippen molar-refractivity contribution < 1.29 is 23.3 Å². The second-order valence-electron chi connectivity index (χ2n) is 2.64. The molecule has 0 aliphatic rings. The van der Waals surface area contributed by atoms with Crippen LogP contribution in [0.25, 0.3) is 6.08 Å². The Labute approximate surface area is 89.5 Å². The van der Waals surface area contributed by atoms with E-state index in [4.69, 9.17) is 8.25 Å². The molecule has 0 N–H and O–H groups in total. The molecule has 0 spiro atoms. The van der Waals surface area contributed by atoms with E-state index >= 15 is 0 Å². The van der Waals surface area contributed by atoms with Crippen LogP contribution in [-0.4, -0.2) is 0 Å². The van der Waals surface area contributed by atoms with Gasteiger partial charge < -0.3 is 0 Å². The summed E-state index contributed by atoms with van der Waals surface area (Å²) in [5, 5.41) is 0. The molecular weight excluding hydrogens is 356 g/mol. The standard InChI is InChI=1S/C10H11.ClH.Hg/c1-2-3-7-10-8-5-4-6-9-10;;/h3-9H,1-2H2;1H;/q;;+1/p-1. The van der Waals surface area contributed by atoms with E-state index in [1.54, 1.807) is 0 Å². The maximum absolute atomic E-state index is 5.77. The number of benzene rings is 1. The molecule has 1 aromatic carbocycles. The number of hydrogen-bond acceptors (Lipinski definition) is 0. The number of allylic oxidation sites excluding steroid dienone is 1. The number of halogens is 1. The summed E-state index contributed by atoms with van der Waals surface area (Å²) in [6.07, 6.45) is 5.55. The predicted molar refractivity (Wildman–Crippen MR) is 50.8 cm³/mol. The molecule has 0 heterocycles. The van der Waals surface area contributed by atoms with E-state index in [1.807, 2.05) is 6.07 Å². The summed E-state index contributed by atoms with van der Waals surface area (Å²) >= 11 is -0.874. The van der Waals surface area contributed by atoms with E-state index in [0.717, 1.165) is 0 Å². The second kappa shape index (κ2) is 6.67. The van der Waals surface area contributed by atoms with Crippen LogP contribution >= 0.6 is 8.25 Å². The summed E-state index contributed by atoms with van der Waals surface area (Å²) in [5.74, 6) is 0. The monoisotopic (exact) mass is 368 g/mol. The van der Waals surface area contributed by atoms with E-state index in [9.17, 15) is 0 Å². The van der Waals surface area contributed by atoms with Gasteiger partial charge in [-0.05, 0) is 0 Å². The third-order valence-corrected chi connectivity index (χ3v) is 6.59. The van der Waals surface area contributed by atoms with Crippen molar-refractivity contribution in [2.45, 2.75) is 10.4 Å². The molecule has 0 atom stereocenters. The molecule has 0 aliphatic carbocycles. The summed E-state index contributed by atoms with van der Waals surface area (Å²) in [7, 11) is 5.77. The molecule has 0 nitrogen and oxygen atoms in total. The van der Waals surface area contributed by atoms with Crippen molar-refractivity contribution in [3.8, 4) is 0 Å². The molecular formula is C10H11ClHg. The molecule has 2 heteroatoms. The third kappa shape index (κ3) is 4.27. The summed E-state index contributed by atoms with van der Waals surface area (Å²) in [6.45, 7) is 0. The Bertz CT molecular complexity index is 231. The molecule has 12 heavy (non-hydrogen) atoms. The van der Waals surface area contributed by atoms with Crippen LogP contribution in [0.3, 0.4) is 0 Å². The van der Waals surface area contributed by atoms with Gasteiger partial charge in [-0.3, -0.25) is 0 Å². The van der Waals surface area contributed by atoms with E-state index in [1.165, 1.54) is 15.9 Å². The fraction of sp³-hybridized carbons (Fsp3) is 0.200. The van der Waals surface area contributed by atoms with Gasteiger partial charge in [-0.2, -0.15) is 0 Å². The van der Waals surface area contributed by atoms with Crippen LogP contribution in [0, 0.1) is 0 Å². The van der Waals surface area contributed by atoms with Gasteiger partial charge in [0.2, 0.25) is 0 Å². The summed E-state index contributed by atoms with van der Waals surface area (Å²) in [6, 6.07) is 10.4. The molecule has 60 valence electrons. The number of hydrogen-bond donors (Lipinski definition) is 0. The Morgan fingerprint density at radius 2 is 2.00 bits per heavy atom. The first-order valence-electron chi connectivity index (χ1n) is 4.21. The van der Waals surface area contributed by atoms with Gasteiger partial charge in [-0.25, -0.2) is 0 Å². The van der Waals surface area contributed by atoms with Gasteiger partial charge in [0, 0.05) is 0 Å².